The second-order valence-electron chi connectivity index (χ2n) is 24.7. The molecular weight excluding hydrogens is 1080 g/mol. The Bertz CT molecular complexity index is 4680. The topological polar surface area (TPSA) is 0 Å². The Morgan fingerprint density at radius 1 is 0.167 bits per heavy atom. The highest BCUT2D eigenvalue weighted by Gasteiger charge is 2.69. The summed E-state index contributed by atoms with van der Waals surface area (Å²) < 4.78 is 0. The van der Waals surface area contributed by atoms with Gasteiger partial charge in [0.05, 0.1) is 0 Å². The molecule has 4 aliphatic rings. The highest BCUT2D eigenvalue weighted by molar-refractivity contribution is 5.86. The van der Waals surface area contributed by atoms with Gasteiger partial charge in [0.15, 0.2) is 0 Å². The molecule has 0 radical (unpaired) electrons. The van der Waals surface area contributed by atoms with Crippen molar-refractivity contribution in [3.05, 3.63) is 334 Å². The SMILES string of the molecule is C(C#Cc1ccc2ccccc2c1)#Cc1ccc(C23CC4(c5ccc(C#CC#Cc6ccc7ccccc7c6)cc5)CC(c5ccc(C#CC#Cc6ccc7ccccc7c6)cc5)(C2)CC(c2ccc(C#CC#Cc5ccc6ccccc6c5)cc2)(C3)C4)cc1. The molecule has 0 saturated heterocycles. The van der Waals surface area contributed by atoms with Crippen LogP contribution in [-0.4, -0.2) is 0 Å². The highest BCUT2D eigenvalue weighted by Crippen LogP contribution is 2.74. The molecule has 0 N–H and O–H groups in total. The van der Waals surface area contributed by atoms with Gasteiger partial charge < -0.3 is 0 Å². The fraction of sp³-hybridized carbons (Fsp3) is 0.111. The molecule has 16 rings (SSSR count). The summed E-state index contributed by atoms with van der Waals surface area (Å²) >= 11 is 0. The summed E-state index contributed by atoms with van der Waals surface area (Å²) in [4.78, 5) is 0. The van der Waals surface area contributed by atoms with E-state index in [2.05, 4.69) is 362 Å². The normalized spacial score (nSPS) is 18.8. The van der Waals surface area contributed by atoms with E-state index in [1.54, 1.807) is 0 Å². The standard InChI is InChI=1S/C90H56/c1(5-21-71-33-45-75-25-9-13-29-79(75)57-71)17-67-37-49-83(50-38-67)87-61-88(84-51-39-68(40-52-84)18-2-6-22-72-34-46-76-26-10-14-30-80(76)58-72)64-89(62-87,85-53-41-69(42-54-85)19-3-7-23-73-35-47-77-27-11-15-31-81(77)59-73)66-90(63-87,65-88)86-55-43-70(44-56-86)20-4-8-24-74-36-48-78-28-12-16-32-82(78)60-74/h9-16,25-60H,61-66H2. The summed E-state index contributed by atoms with van der Waals surface area (Å²) in [6.07, 6.45) is 6.12. The summed E-state index contributed by atoms with van der Waals surface area (Å²) in [5.41, 5.74) is 12.3. The Hall–Kier alpha value is -11.8. The quantitative estimate of drug-likeness (QED) is 0.154. The van der Waals surface area contributed by atoms with Crippen molar-refractivity contribution >= 4 is 43.1 Å². The van der Waals surface area contributed by atoms with Crippen LogP contribution in [0.5, 0.6) is 0 Å². The summed E-state index contributed by atoms with van der Waals surface area (Å²) in [6, 6.07) is 95.4. The minimum Gasteiger partial charge on any atom is -0.0616 e. The predicted molar refractivity (Wildman–Crippen MR) is 371 cm³/mol. The molecule has 0 heteroatoms. The Balaban J connectivity index is 0.794. The third-order valence-electron chi connectivity index (χ3n) is 19.0. The van der Waals surface area contributed by atoms with Gasteiger partial charge in [-0.1, -0.05) is 217 Å². The van der Waals surface area contributed by atoms with Gasteiger partial charge in [-0.25, -0.2) is 0 Å². The van der Waals surface area contributed by atoms with Crippen LogP contribution in [0.4, 0.5) is 0 Å². The van der Waals surface area contributed by atoms with Gasteiger partial charge in [0.25, 0.3) is 0 Å². The molecule has 0 unspecified atom stereocenters. The Kier molecular flexibility index (Phi) is 14.3. The first-order valence-corrected chi connectivity index (χ1v) is 30.8. The fourth-order valence-electron chi connectivity index (χ4n) is 15.4. The van der Waals surface area contributed by atoms with E-state index in [1.807, 2.05) is 0 Å². The average Bonchev–Trinajstić information content (AvgIpc) is 0.671. The van der Waals surface area contributed by atoms with Crippen LogP contribution in [0.2, 0.25) is 0 Å². The first-order valence-electron chi connectivity index (χ1n) is 30.8. The summed E-state index contributed by atoms with van der Waals surface area (Å²) in [5.74, 6) is 51.9. The second kappa shape index (κ2) is 23.4. The van der Waals surface area contributed by atoms with E-state index in [0.717, 1.165) is 83.0 Å². The second-order valence-corrected chi connectivity index (χ2v) is 24.7. The smallest absolute Gasteiger partial charge is 0.0261 e. The van der Waals surface area contributed by atoms with E-state index in [-0.39, 0.29) is 21.7 Å². The lowest BCUT2D eigenvalue weighted by atomic mass is 9.32. The number of fused-ring (bicyclic) bond motifs is 4. The zero-order valence-corrected chi connectivity index (χ0v) is 49.6. The molecular formula is C90H56. The van der Waals surface area contributed by atoms with Gasteiger partial charge in [-0.05, 0) is 270 Å². The molecule has 4 fully saturated rings. The van der Waals surface area contributed by atoms with E-state index < -0.39 is 0 Å². The molecule has 4 bridgehead atoms. The Morgan fingerprint density at radius 3 is 0.533 bits per heavy atom. The van der Waals surface area contributed by atoms with Crippen molar-refractivity contribution in [3.63, 3.8) is 0 Å². The third-order valence-corrected chi connectivity index (χ3v) is 19.0. The van der Waals surface area contributed by atoms with Crippen LogP contribution >= 0.6 is 0 Å². The molecule has 0 amide bonds. The number of rotatable bonds is 4. The Labute approximate surface area is 528 Å². The molecule has 0 heterocycles. The van der Waals surface area contributed by atoms with E-state index in [0.29, 0.717) is 0 Å². The van der Waals surface area contributed by atoms with Gasteiger partial charge in [-0.3, -0.25) is 0 Å². The van der Waals surface area contributed by atoms with Crippen LogP contribution in [-0.2, 0) is 21.7 Å². The molecule has 0 spiro atoms. The van der Waals surface area contributed by atoms with Crippen molar-refractivity contribution in [2.45, 2.75) is 60.2 Å². The lowest BCUT2D eigenvalue weighted by molar-refractivity contribution is -0.0691. The van der Waals surface area contributed by atoms with Crippen molar-refractivity contribution in [1.29, 1.82) is 0 Å². The Morgan fingerprint density at radius 2 is 0.333 bits per heavy atom. The summed E-state index contributed by atoms with van der Waals surface area (Å²) in [7, 11) is 0. The van der Waals surface area contributed by atoms with Crippen LogP contribution in [0.15, 0.2) is 267 Å². The van der Waals surface area contributed by atoms with Crippen LogP contribution in [0.1, 0.15) is 105 Å². The minimum absolute atomic E-state index is 0.179. The predicted octanol–water partition coefficient (Wildman–Crippen LogP) is 18.3. The van der Waals surface area contributed by atoms with Gasteiger partial charge >= 0.3 is 0 Å². The monoisotopic (exact) mass is 1140 g/mol. The maximum Gasteiger partial charge on any atom is 0.0261 e. The fourth-order valence-corrected chi connectivity index (χ4v) is 15.4. The first kappa shape index (κ1) is 54.8. The lowest BCUT2D eigenvalue weighted by Crippen LogP contribution is -2.67. The molecule has 90 heavy (non-hydrogen) atoms. The minimum atomic E-state index is -0.179. The third kappa shape index (κ3) is 11.2. The highest BCUT2D eigenvalue weighted by atomic mass is 14.7. The molecule has 4 saturated carbocycles. The zero-order valence-electron chi connectivity index (χ0n) is 49.6. The summed E-state index contributed by atoms with van der Waals surface area (Å²) in [5, 5.41) is 9.49. The lowest BCUT2D eigenvalue weighted by Gasteiger charge is -2.71. The first-order chi connectivity index (χ1) is 44.3. The van der Waals surface area contributed by atoms with Crippen LogP contribution in [0, 0.1) is 94.7 Å². The van der Waals surface area contributed by atoms with E-state index in [9.17, 15) is 0 Å². The maximum absolute atomic E-state index is 3.39. The van der Waals surface area contributed by atoms with Crippen molar-refractivity contribution < 1.29 is 0 Å². The molecule has 12 aromatic rings. The van der Waals surface area contributed by atoms with Gasteiger partial charge in [0.1, 0.15) is 0 Å². The van der Waals surface area contributed by atoms with Gasteiger partial charge in [-0.2, -0.15) is 0 Å². The molecule has 416 valence electrons. The molecule has 0 aliphatic heterocycles. The zero-order chi connectivity index (χ0) is 60.2. The maximum atomic E-state index is 3.39. The van der Waals surface area contributed by atoms with Crippen LogP contribution in [0.3, 0.4) is 0 Å². The number of hydrogen-bond acceptors (Lipinski definition) is 0. The molecule has 0 nitrogen and oxygen atoms in total. The molecule has 0 atom stereocenters. The summed E-state index contributed by atoms with van der Waals surface area (Å²) in [6.45, 7) is 0. The van der Waals surface area contributed by atoms with Gasteiger partial charge in [0, 0.05) is 44.5 Å². The van der Waals surface area contributed by atoms with E-state index in [4.69, 9.17) is 0 Å². The average molecular weight is 1140 g/mol. The molecule has 0 aromatic heterocycles. The van der Waals surface area contributed by atoms with Crippen molar-refractivity contribution in [3.8, 4) is 94.7 Å². The van der Waals surface area contributed by atoms with E-state index in [1.165, 1.54) is 65.3 Å². The van der Waals surface area contributed by atoms with E-state index >= 15 is 0 Å². The number of hydrogen-bond donors (Lipinski definition) is 0. The van der Waals surface area contributed by atoms with Gasteiger partial charge in [0.2, 0.25) is 0 Å². The molecule has 4 aliphatic carbocycles. The van der Waals surface area contributed by atoms with Crippen LogP contribution in [0.25, 0.3) is 43.1 Å². The van der Waals surface area contributed by atoms with Crippen LogP contribution < -0.4 is 0 Å². The van der Waals surface area contributed by atoms with Crippen molar-refractivity contribution in [1.82, 2.24) is 0 Å². The molecule has 12 aromatic carbocycles. The van der Waals surface area contributed by atoms with Crippen molar-refractivity contribution in [2.75, 3.05) is 0 Å². The largest absolute Gasteiger partial charge is 0.0616 e. The van der Waals surface area contributed by atoms with Gasteiger partial charge in [-0.15, -0.1) is 0 Å². The van der Waals surface area contributed by atoms with Crippen molar-refractivity contribution in [2.24, 2.45) is 0 Å². The number of benzene rings is 12.